The first-order valence-corrected chi connectivity index (χ1v) is 12.8. The number of carbonyl (C=O) groups excluding carboxylic acids is 2. The van der Waals surface area contributed by atoms with Crippen molar-refractivity contribution >= 4 is 18.0 Å². The molecule has 37 heavy (non-hydrogen) atoms. The van der Waals surface area contributed by atoms with Crippen LogP contribution in [0.1, 0.15) is 42.9 Å². The van der Waals surface area contributed by atoms with Crippen LogP contribution >= 0.6 is 0 Å². The number of carbonyl (C=O) groups is 3. The zero-order chi connectivity index (χ0) is 26.3. The number of fused-ring (bicyclic) bond motifs is 1. The van der Waals surface area contributed by atoms with Crippen molar-refractivity contribution in [1.82, 2.24) is 15.1 Å². The normalized spacial score (nSPS) is 20.2. The highest BCUT2D eigenvalue weighted by Crippen LogP contribution is 2.33. The molecule has 9 nitrogen and oxygen atoms in total. The standard InChI is InChI=1S/C28H35N3O6/c1-28(24-10-6-5-9-22(24)11-17-31(28)18-14-26(33)34)29-25(32)20-36-23-12-15-30(16-13-23)27(35)37-19-21-7-3-2-4-8-21/h2-10,23H,11-20H2,1H3,(H,29,32)(H,33,34). The molecule has 2 N–H and O–H groups in total. The number of ether oxygens (including phenoxy) is 2. The number of nitrogens with one attached hydrogen (secondary N) is 1. The second kappa shape index (κ2) is 12.2. The van der Waals surface area contributed by atoms with E-state index < -0.39 is 11.6 Å². The Kier molecular flexibility index (Phi) is 8.78. The number of amides is 2. The molecule has 0 spiro atoms. The van der Waals surface area contributed by atoms with Gasteiger partial charge >= 0.3 is 12.1 Å². The molecule has 2 heterocycles. The van der Waals surface area contributed by atoms with Gasteiger partial charge in [0, 0.05) is 26.2 Å². The van der Waals surface area contributed by atoms with Crippen molar-refractivity contribution in [2.45, 2.75) is 51.0 Å². The minimum atomic E-state index is -0.869. The van der Waals surface area contributed by atoms with Crippen molar-refractivity contribution in [3.8, 4) is 0 Å². The summed E-state index contributed by atoms with van der Waals surface area (Å²) >= 11 is 0. The Labute approximate surface area is 217 Å². The largest absolute Gasteiger partial charge is 0.481 e. The Balaban J connectivity index is 1.26. The molecule has 0 saturated carbocycles. The summed E-state index contributed by atoms with van der Waals surface area (Å²) in [6.07, 6.45) is 1.57. The van der Waals surface area contributed by atoms with Crippen LogP contribution in [-0.2, 0) is 37.8 Å². The number of aliphatic carboxylic acids is 1. The predicted molar refractivity (Wildman–Crippen MR) is 137 cm³/mol. The van der Waals surface area contributed by atoms with Gasteiger partial charge in [0.25, 0.3) is 0 Å². The minimum absolute atomic E-state index is 0.00349. The number of nitrogens with zero attached hydrogens (tertiary/aromatic N) is 2. The van der Waals surface area contributed by atoms with Gasteiger partial charge in [-0.25, -0.2) is 4.79 Å². The van der Waals surface area contributed by atoms with Crippen LogP contribution in [0.15, 0.2) is 54.6 Å². The molecular weight excluding hydrogens is 474 g/mol. The van der Waals surface area contributed by atoms with E-state index in [4.69, 9.17) is 9.47 Å². The van der Waals surface area contributed by atoms with Crippen molar-refractivity contribution in [1.29, 1.82) is 0 Å². The first kappa shape index (κ1) is 26.6. The lowest BCUT2D eigenvalue weighted by atomic mass is 9.88. The zero-order valence-corrected chi connectivity index (χ0v) is 21.2. The maximum atomic E-state index is 13.0. The minimum Gasteiger partial charge on any atom is -0.481 e. The molecule has 2 aliphatic rings. The van der Waals surface area contributed by atoms with Crippen LogP contribution in [0, 0.1) is 0 Å². The molecule has 198 valence electrons. The highest BCUT2D eigenvalue weighted by atomic mass is 16.6. The summed E-state index contributed by atoms with van der Waals surface area (Å²) in [4.78, 5) is 40.2. The number of hydrogen-bond acceptors (Lipinski definition) is 6. The van der Waals surface area contributed by atoms with Gasteiger partial charge in [-0.1, -0.05) is 54.6 Å². The molecule has 2 aromatic carbocycles. The topological polar surface area (TPSA) is 108 Å². The maximum Gasteiger partial charge on any atom is 0.410 e. The van der Waals surface area contributed by atoms with Crippen LogP contribution in [0.2, 0.25) is 0 Å². The van der Waals surface area contributed by atoms with Crippen LogP contribution in [0.25, 0.3) is 0 Å². The SMILES string of the molecule is CC1(NC(=O)COC2CCN(C(=O)OCc3ccccc3)CC2)c2ccccc2CCN1CCC(=O)O. The summed E-state index contributed by atoms with van der Waals surface area (Å²) in [5.41, 5.74) is 2.24. The van der Waals surface area contributed by atoms with Crippen LogP contribution in [0.4, 0.5) is 4.79 Å². The van der Waals surface area contributed by atoms with Crippen molar-refractivity contribution in [3.63, 3.8) is 0 Å². The molecular formula is C28H35N3O6. The van der Waals surface area contributed by atoms with Crippen molar-refractivity contribution in [2.24, 2.45) is 0 Å². The van der Waals surface area contributed by atoms with E-state index in [2.05, 4.69) is 5.32 Å². The Hall–Kier alpha value is -3.43. The van der Waals surface area contributed by atoms with Crippen LogP contribution in [0.3, 0.4) is 0 Å². The Morgan fingerprint density at radius 3 is 2.46 bits per heavy atom. The van der Waals surface area contributed by atoms with E-state index in [0.717, 1.165) is 23.1 Å². The fourth-order valence-corrected chi connectivity index (χ4v) is 5.09. The number of rotatable bonds is 9. The lowest BCUT2D eigenvalue weighted by Gasteiger charge is -2.46. The number of benzene rings is 2. The molecule has 2 aliphatic heterocycles. The third kappa shape index (κ3) is 6.87. The Morgan fingerprint density at radius 1 is 1.03 bits per heavy atom. The summed E-state index contributed by atoms with van der Waals surface area (Å²) in [7, 11) is 0. The number of carboxylic acid groups (broad SMARTS) is 1. The van der Waals surface area contributed by atoms with Crippen molar-refractivity contribution in [2.75, 3.05) is 32.8 Å². The summed E-state index contributed by atoms with van der Waals surface area (Å²) in [5.74, 6) is -1.13. The van der Waals surface area contributed by atoms with Gasteiger partial charge in [-0.3, -0.25) is 14.5 Å². The maximum absolute atomic E-state index is 13.0. The Bertz CT molecular complexity index is 1090. The molecule has 2 amide bonds. The second-order valence-corrected chi connectivity index (χ2v) is 9.70. The third-order valence-corrected chi connectivity index (χ3v) is 7.16. The molecule has 9 heteroatoms. The van der Waals surface area contributed by atoms with Gasteiger partial charge in [0.05, 0.1) is 12.5 Å². The molecule has 0 bridgehead atoms. The highest BCUT2D eigenvalue weighted by molar-refractivity contribution is 5.78. The number of hydrogen-bond donors (Lipinski definition) is 2. The molecule has 2 aromatic rings. The third-order valence-electron chi connectivity index (χ3n) is 7.16. The first-order chi connectivity index (χ1) is 17.8. The van der Waals surface area contributed by atoms with Gasteiger partial charge in [0.2, 0.25) is 5.91 Å². The van der Waals surface area contributed by atoms with E-state index in [1.54, 1.807) is 4.90 Å². The van der Waals surface area contributed by atoms with Gasteiger partial charge < -0.3 is 24.8 Å². The molecule has 1 unspecified atom stereocenters. The lowest BCUT2D eigenvalue weighted by molar-refractivity contribution is -0.138. The van der Waals surface area contributed by atoms with E-state index in [0.29, 0.717) is 39.0 Å². The van der Waals surface area contributed by atoms with Gasteiger partial charge in [0.15, 0.2) is 0 Å². The van der Waals surface area contributed by atoms with Crippen LogP contribution in [0.5, 0.6) is 0 Å². The van der Waals surface area contributed by atoms with Crippen LogP contribution < -0.4 is 5.32 Å². The number of likely N-dealkylation sites (tertiary alicyclic amines) is 1. The monoisotopic (exact) mass is 509 g/mol. The molecule has 0 radical (unpaired) electrons. The van der Waals surface area contributed by atoms with E-state index in [9.17, 15) is 19.5 Å². The molecule has 0 aromatic heterocycles. The fraction of sp³-hybridized carbons (Fsp3) is 0.464. The number of carboxylic acids is 1. The quantitative estimate of drug-likeness (QED) is 0.535. The molecule has 0 aliphatic carbocycles. The zero-order valence-electron chi connectivity index (χ0n) is 21.2. The predicted octanol–water partition coefficient (Wildman–Crippen LogP) is 3.13. The Morgan fingerprint density at radius 2 is 1.73 bits per heavy atom. The lowest BCUT2D eigenvalue weighted by Crippen LogP contribution is -2.60. The van der Waals surface area contributed by atoms with E-state index in [1.165, 1.54) is 0 Å². The van der Waals surface area contributed by atoms with E-state index >= 15 is 0 Å². The highest BCUT2D eigenvalue weighted by Gasteiger charge is 2.40. The van der Waals surface area contributed by atoms with Crippen molar-refractivity contribution < 1.29 is 29.0 Å². The van der Waals surface area contributed by atoms with Crippen molar-refractivity contribution in [3.05, 3.63) is 71.3 Å². The molecule has 1 atom stereocenters. The second-order valence-electron chi connectivity index (χ2n) is 9.70. The van der Waals surface area contributed by atoms with Gasteiger partial charge in [-0.15, -0.1) is 0 Å². The smallest absolute Gasteiger partial charge is 0.410 e. The average Bonchev–Trinajstić information content (AvgIpc) is 2.91. The summed E-state index contributed by atoms with van der Waals surface area (Å²) in [5, 5.41) is 12.3. The van der Waals surface area contributed by atoms with E-state index in [1.807, 2.05) is 66.4 Å². The first-order valence-electron chi connectivity index (χ1n) is 12.8. The van der Waals surface area contributed by atoms with Crippen LogP contribution in [-0.4, -0.2) is 71.8 Å². The fourth-order valence-electron chi connectivity index (χ4n) is 5.09. The van der Waals surface area contributed by atoms with E-state index in [-0.39, 0.29) is 37.7 Å². The van der Waals surface area contributed by atoms with Gasteiger partial charge in [0.1, 0.15) is 18.9 Å². The number of piperidine rings is 1. The van der Waals surface area contributed by atoms with Gasteiger partial charge in [-0.2, -0.15) is 0 Å². The van der Waals surface area contributed by atoms with Gasteiger partial charge in [-0.05, 0) is 42.9 Å². The summed E-state index contributed by atoms with van der Waals surface area (Å²) in [6, 6.07) is 17.5. The summed E-state index contributed by atoms with van der Waals surface area (Å²) in [6.45, 7) is 4.06. The summed E-state index contributed by atoms with van der Waals surface area (Å²) < 4.78 is 11.3. The molecule has 4 rings (SSSR count). The molecule has 1 saturated heterocycles. The molecule has 1 fully saturated rings. The average molecular weight is 510 g/mol.